The van der Waals surface area contributed by atoms with Crippen molar-refractivity contribution in [2.45, 2.75) is 254 Å². The largest absolute Gasteiger partial charge is 0.394 e. The molecule has 4 heterocycles. The number of aliphatic hydroxyl groups excluding tert-OH is 14. The molecule has 29 unspecified atom stereocenters. The minimum atomic E-state index is -1.91. The minimum Gasteiger partial charge on any atom is -0.394 e. The van der Waals surface area contributed by atoms with Gasteiger partial charge in [-0.2, -0.15) is 0 Å². The SMILES string of the molecule is CC(CCC(OC1OC(COC2OC(CO)C(O)C(O)C2O)C(O)C(O)C1OC1OC(CO)C(O)C(O)C1O)C(C)(C)O)C1CCC2(C)C3CC=C4C(CCC(OC5OC(CO)C(O)C(O)C5O)C4(C)C)C3(C)CCC12C. The number of hydrogen-bond acceptors (Lipinski definition) is 23. The fraction of sp³-hybridized carbons (Fsp3) is 0.963. The van der Waals surface area contributed by atoms with Crippen molar-refractivity contribution in [2.24, 2.45) is 45.3 Å². The first kappa shape index (κ1) is 61.9. The van der Waals surface area contributed by atoms with Crippen LogP contribution in [0.3, 0.4) is 0 Å². The molecule has 0 bridgehead atoms. The average Bonchev–Trinajstić information content (AvgIpc) is 3.69. The Morgan fingerprint density at radius 3 is 1.62 bits per heavy atom. The van der Waals surface area contributed by atoms with Gasteiger partial charge in [0, 0.05) is 5.41 Å². The van der Waals surface area contributed by atoms with Gasteiger partial charge < -0.3 is 114 Å². The van der Waals surface area contributed by atoms with Crippen molar-refractivity contribution in [1.29, 1.82) is 0 Å². The Morgan fingerprint density at radius 1 is 0.571 bits per heavy atom. The smallest absolute Gasteiger partial charge is 0.187 e. The number of ether oxygens (including phenoxy) is 8. The first-order chi connectivity index (χ1) is 36.0. The zero-order chi connectivity index (χ0) is 56.6. The van der Waals surface area contributed by atoms with E-state index < -0.39 is 166 Å². The Hall–Kier alpha value is -1.18. The molecule has 29 atom stereocenters. The van der Waals surface area contributed by atoms with Crippen molar-refractivity contribution < 1.29 is 114 Å². The molecule has 23 heteroatoms. The summed E-state index contributed by atoms with van der Waals surface area (Å²) in [5.74, 6) is 1.07. The highest BCUT2D eigenvalue weighted by Crippen LogP contribution is 2.75. The molecule has 8 aliphatic rings. The lowest BCUT2D eigenvalue weighted by Crippen LogP contribution is -2.65. The van der Waals surface area contributed by atoms with Gasteiger partial charge in [-0.05, 0) is 112 Å². The molecule has 0 aromatic heterocycles. The summed E-state index contributed by atoms with van der Waals surface area (Å²) in [6, 6.07) is 0. The van der Waals surface area contributed by atoms with E-state index in [0.717, 1.165) is 38.5 Å². The molecule has 446 valence electrons. The lowest BCUT2D eigenvalue weighted by Gasteiger charge is -2.66. The van der Waals surface area contributed by atoms with Crippen LogP contribution in [0, 0.1) is 45.3 Å². The van der Waals surface area contributed by atoms with E-state index in [4.69, 9.17) is 37.9 Å². The van der Waals surface area contributed by atoms with Crippen molar-refractivity contribution in [2.75, 3.05) is 26.4 Å². The third-order valence-electron chi connectivity index (χ3n) is 20.7. The van der Waals surface area contributed by atoms with Crippen LogP contribution in [0.4, 0.5) is 0 Å². The van der Waals surface area contributed by atoms with Crippen LogP contribution in [0.15, 0.2) is 11.6 Å². The van der Waals surface area contributed by atoms with E-state index >= 15 is 0 Å². The summed E-state index contributed by atoms with van der Waals surface area (Å²) in [5, 5.41) is 159. The van der Waals surface area contributed by atoms with Crippen molar-refractivity contribution in [3.05, 3.63) is 11.6 Å². The van der Waals surface area contributed by atoms with Gasteiger partial charge in [-0.3, -0.25) is 0 Å². The molecule has 0 spiro atoms. The Labute approximate surface area is 450 Å². The average molecular weight is 1110 g/mol. The van der Waals surface area contributed by atoms with Crippen LogP contribution >= 0.6 is 0 Å². The quantitative estimate of drug-likeness (QED) is 0.0687. The van der Waals surface area contributed by atoms with Crippen LogP contribution < -0.4 is 0 Å². The van der Waals surface area contributed by atoms with E-state index in [1.54, 1.807) is 13.8 Å². The highest BCUT2D eigenvalue weighted by molar-refractivity contribution is 5.30. The monoisotopic (exact) mass is 1110 g/mol. The van der Waals surface area contributed by atoms with Crippen LogP contribution in [0.2, 0.25) is 0 Å². The van der Waals surface area contributed by atoms with Gasteiger partial charge >= 0.3 is 0 Å². The molecule has 4 aliphatic carbocycles. The van der Waals surface area contributed by atoms with Crippen molar-refractivity contribution in [1.82, 2.24) is 0 Å². The van der Waals surface area contributed by atoms with Gasteiger partial charge in [-0.25, -0.2) is 0 Å². The maximum Gasteiger partial charge on any atom is 0.187 e. The van der Waals surface area contributed by atoms with Crippen LogP contribution in [0.1, 0.15) is 113 Å². The number of fused-ring (bicyclic) bond motifs is 5. The molecule has 23 nitrogen and oxygen atoms in total. The third-order valence-corrected chi connectivity index (χ3v) is 20.7. The second kappa shape index (κ2) is 23.5. The maximum absolute atomic E-state index is 11.8. The first-order valence-electron chi connectivity index (χ1n) is 27.9. The summed E-state index contributed by atoms with van der Waals surface area (Å²) < 4.78 is 47.9. The second-order valence-corrected chi connectivity index (χ2v) is 25.8. The second-order valence-electron chi connectivity index (χ2n) is 25.8. The van der Waals surface area contributed by atoms with Crippen LogP contribution in [-0.4, -0.2) is 244 Å². The summed E-state index contributed by atoms with van der Waals surface area (Å²) in [5.41, 5.74) is -0.793. The van der Waals surface area contributed by atoms with Crippen LogP contribution in [0.5, 0.6) is 0 Å². The molecule has 77 heavy (non-hydrogen) atoms. The molecule has 15 N–H and O–H groups in total. The van der Waals surface area contributed by atoms with Gasteiger partial charge in [0.1, 0.15) is 97.7 Å². The van der Waals surface area contributed by atoms with Gasteiger partial charge in [0.25, 0.3) is 0 Å². The predicted octanol–water partition coefficient (Wildman–Crippen LogP) is -2.20. The molecule has 3 saturated carbocycles. The Kier molecular flexibility index (Phi) is 18.9. The molecule has 0 amide bonds. The van der Waals surface area contributed by atoms with Crippen molar-refractivity contribution in [3.8, 4) is 0 Å². The molecule has 4 aliphatic heterocycles. The van der Waals surface area contributed by atoms with Gasteiger partial charge in [0.2, 0.25) is 0 Å². The van der Waals surface area contributed by atoms with E-state index in [2.05, 4.69) is 47.6 Å². The summed E-state index contributed by atoms with van der Waals surface area (Å²) in [7, 11) is 0. The van der Waals surface area contributed by atoms with E-state index in [9.17, 15) is 76.6 Å². The molecule has 0 aromatic carbocycles. The third kappa shape index (κ3) is 11.1. The van der Waals surface area contributed by atoms with Crippen molar-refractivity contribution >= 4 is 0 Å². The zero-order valence-electron chi connectivity index (χ0n) is 45.8. The van der Waals surface area contributed by atoms with Gasteiger partial charge in [0.05, 0.1) is 44.2 Å². The molecule has 4 saturated heterocycles. The topological polar surface area (TPSA) is 377 Å². The Morgan fingerprint density at radius 2 is 1.08 bits per heavy atom. The lowest BCUT2D eigenvalue weighted by atomic mass is 9.39. The normalized spacial score (nSPS) is 51.0. The molecular weight excluding hydrogens is 1020 g/mol. The predicted molar refractivity (Wildman–Crippen MR) is 266 cm³/mol. The van der Waals surface area contributed by atoms with Gasteiger partial charge in [-0.1, -0.05) is 53.2 Å². The highest BCUT2D eigenvalue weighted by atomic mass is 16.8. The van der Waals surface area contributed by atoms with Gasteiger partial charge in [-0.15, -0.1) is 0 Å². The molecule has 8 rings (SSSR count). The Balaban J connectivity index is 0.973. The number of rotatable bonds is 17. The maximum atomic E-state index is 11.8. The van der Waals surface area contributed by atoms with Crippen LogP contribution in [-0.2, 0) is 37.9 Å². The Bertz CT molecular complexity index is 1990. The summed E-state index contributed by atoms with van der Waals surface area (Å²) in [4.78, 5) is 0. The van der Waals surface area contributed by atoms with E-state index in [1.165, 1.54) is 5.57 Å². The number of aliphatic hydroxyl groups is 15. The van der Waals surface area contributed by atoms with E-state index in [0.29, 0.717) is 18.8 Å². The summed E-state index contributed by atoms with van der Waals surface area (Å²) in [6.07, 6.45) is -23.9. The fourth-order valence-electron chi connectivity index (χ4n) is 15.6. The molecule has 0 aromatic rings. The summed E-state index contributed by atoms with van der Waals surface area (Å²) >= 11 is 0. The number of hydrogen-bond donors (Lipinski definition) is 15. The van der Waals surface area contributed by atoms with Crippen molar-refractivity contribution in [3.63, 3.8) is 0 Å². The van der Waals surface area contributed by atoms with Crippen LogP contribution in [0.25, 0.3) is 0 Å². The zero-order valence-corrected chi connectivity index (χ0v) is 45.8. The fourth-order valence-corrected chi connectivity index (χ4v) is 15.6. The molecular formula is C54H92O23. The minimum absolute atomic E-state index is 0.0220. The van der Waals surface area contributed by atoms with E-state index in [-0.39, 0.29) is 46.5 Å². The number of allylic oxidation sites excluding steroid dienone is 1. The molecule has 0 radical (unpaired) electrons. The standard InChI is InChI=1S/C54H92O23/c1-23(24-15-16-54(8)31-12-10-25-26(52(31,6)17-18-53(24,54)7)11-14-32(50(25,2)3)75-47-43(67)39(63)35(59)28(20-56)72-47)9-13-33(51(4,5)69)76-49-45(77-48-44(68)40(64)36(60)29(21-57)73-48)41(65)37(61)30(74-49)22-70-46-42(66)38(62)34(58)27(19-55)71-46/h10,23-24,26-49,55-69H,9,11-22H2,1-8H3. The first-order valence-corrected chi connectivity index (χ1v) is 27.9. The summed E-state index contributed by atoms with van der Waals surface area (Å²) in [6.45, 7) is 14.4. The van der Waals surface area contributed by atoms with E-state index in [1.807, 2.05) is 0 Å². The molecule has 7 fully saturated rings. The van der Waals surface area contributed by atoms with Gasteiger partial charge in [0.15, 0.2) is 25.2 Å². The lowest BCUT2D eigenvalue weighted by molar-refractivity contribution is -0.380. The highest BCUT2D eigenvalue weighted by Gasteiger charge is 2.68.